The van der Waals surface area contributed by atoms with E-state index in [0.29, 0.717) is 13.0 Å². The van der Waals surface area contributed by atoms with Gasteiger partial charge in [-0.1, -0.05) is 12.7 Å². The number of carbonyl (C=O) groups is 2. The van der Waals surface area contributed by atoms with E-state index in [1.807, 2.05) is 4.90 Å². The van der Waals surface area contributed by atoms with Crippen LogP contribution in [0.5, 0.6) is 0 Å². The van der Waals surface area contributed by atoms with Gasteiger partial charge in [0.15, 0.2) is 0 Å². The first-order valence-electron chi connectivity index (χ1n) is 6.64. The summed E-state index contributed by atoms with van der Waals surface area (Å²) in [5, 5.41) is 0.0350. The van der Waals surface area contributed by atoms with Crippen molar-refractivity contribution in [1.29, 1.82) is 0 Å². The monoisotopic (exact) mass is 284 g/mol. The van der Waals surface area contributed by atoms with Gasteiger partial charge in [-0.05, 0) is 19.3 Å². The topological polar surface area (TPSA) is 49.9 Å². The minimum Gasteiger partial charge on any atom is -0.445 e. The molecule has 0 unspecified atom stereocenters. The summed E-state index contributed by atoms with van der Waals surface area (Å²) in [4.78, 5) is 27.7. The lowest BCUT2D eigenvalue weighted by molar-refractivity contribution is -0.134. The van der Waals surface area contributed by atoms with Gasteiger partial charge in [0.2, 0.25) is 5.91 Å². The van der Waals surface area contributed by atoms with Crippen molar-refractivity contribution in [2.24, 2.45) is 0 Å². The Kier molecular flexibility index (Phi) is 4.74. The zero-order chi connectivity index (χ0) is 13.8. The molecule has 2 rings (SSSR count). The molecule has 19 heavy (non-hydrogen) atoms. The Bertz CT molecular complexity index is 369. The third-order valence-electron chi connectivity index (χ3n) is 3.54. The molecule has 0 aromatic heterocycles. The highest BCUT2D eigenvalue weighted by Crippen LogP contribution is 2.25. The maximum absolute atomic E-state index is 12.4. The van der Waals surface area contributed by atoms with Crippen molar-refractivity contribution in [3.05, 3.63) is 12.7 Å². The van der Waals surface area contributed by atoms with Crippen LogP contribution < -0.4 is 0 Å². The second kappa shape index (κ2) is 6.32. The number of ether oxygens (including phenoxy) is 1. The molecule has 2 aliphatic heterocycles. The van der Waals surface area contributed by atoms with E-state index < -0.39 is 12.1 Å². The predicted molar refractivity (Wildman–Crippen MR) is 75.2 cm³/mol. The molecule has 2 atom stereocenters. The number of rotatable bonds is 3. The lowest BCUT2D eigenvalue weighted by Gasteiger charge is -2.26. The van der Waals surface area contributed by atoms with E-state index in [4.69, 9.17) is 4.74 Å². The second-order valence-corrected chi connectivity index (χ2v) is 5.69. The highest BCUT2D eigenvalue weighted by atomic mass is 32.1. The Morgan fingerprint density at radius 1 is 1.37 bits per heavy atom. The van der Waals surface area contributed by atoms with Crippen molar-refractivity contribution in [3.63, 3.8) is 0 Å². The smallest absolute Gasteiger partial charge is 0.410 e. The molecule has 5 nitrogen and oxygen atoms in total. The number of amides is 2. The molecule has 0 radical (unpaired) electrons. The minimum absolute atomic E-state index is 0.0320. The molecule has 0 N–H and O–H groups in total. The first-order valence-corrected chi connectivity index (χ1v) is 7.16. The number of hydrogen-bond donors (Lipinski definition) is 1. The lowest BCUT2D eigenvalue weighted by Crippen LogP contribution is -2.47. The number of thiol groups is 1. The van der Waals surface area contributed by atoms with Crippen LogP contribution in [0.15, 0.2) is 12.7 Å². The van der Waals surface area contributed by atoms with Gasteiger partial charge in [-0.15, -0.1) is 0 Å². The van der Waals surface area contributed by atoms with E-state index in [1.165, 1.54) is 11.0 Å². The van der Waals surface area contributed by atoms with Gasteiger partial charge in [-0.2, -0.15) is 12.6 Å². The third-order valence-corrected chi connectivity index (χ3v) is 3.92. The van der Waals surface area contributed by atoms with Crippen molar-refractivity contribution in [2.45, 2.75) is 30.6 Å². The quantitative estimate of drug-likeness (QED) is 0.628. The molecule has 0 saturated carbocycles. The number of likely N-dealkylation sites (tertiary alicyclic amines) is 2. The minimum atomic E-state index is -0.450. The standard InChI is InChI=1S/C13H20N2O3S/c1-2-7-18-13(17)15-9-10(19)8-11(15)12(16)14-5-3-4-6-14/h2,10-11,19H,1,3-9H2/t10-,11-/m0/s1. The van der Waals surface area contributed by atoms with Crippen LogP contribution in [0, 0.1) is 0 Å². The molecular weight excluding hydrogens is 264 g/mol. The van der Waals surface area contributed by atoms with Gasteiger partial charge < -0.3 is 9.64 Å². The van der Waals surface area contributed by atoms with Gasteiger partial charge in [-0.25, -0.2) is 4.79 Å². The molecule has 2 aliphatic rings. The summed E-state index contributed by atoms with van der Waals surface area (Å²) in [7, 11) is 0. The Hall–Kier alpha value is -1.17. The SMILES string of the molecule is C=CCOC(=O)N1C[C@@H](S)C[C@H]1C(=O)N1CCCC1. The van der Waals surface area contributed by atoms with Crippen LogP contribution in [0.4, 0.5) is 4.79 Å². The van der Waals surface area contributed by atoms with Gasteiger partial charge in [0.1, 0.15) is 12.6 Å². The fourth-order valence-corrected chi connectivity index (χ4v) is 2.99. The first kappa shape index (κ1) is 14.2. The molecule has 2 heterocycles. The van der Waals surface area contributed by atoms with Crippen LogP contribution in [0.25, 0.3) is 0 Å². The molecule has 0 spiro atoms. The van der Waals surface area contributed by atoms with Crippen LogP contribution in [0.3, 0.4) is 0 Å². The lowest BCUT2D eigenvalue weighted by atomic mass is 10.2. The summed E-state index contributed by atoms with van der Waals surface area (Å²) in [6.07, 6.45) is 3.76. The molecular formula is C13H20N2O3S. The molecule has 2 amide bonds. The van der Waals surface area contributed by atoms with Crippen LogP contribution in [0.2, 0.25) is 0 Å². The molecule has 0 bridgehead atoms. The Labute approximate surface area is 119 Å². The van der Waals surface area contributed by atoms with E-state index in [9.17, 15) is 9.59 Å². The van der Waals surface area contributed by atoms with Crippen LogP contribution in [-0.4, -0.2) is 59.3 Å². The summed E-state index contributed by atoms with van der Waals surface area (Å²) < 4.78 is 5.03. The van der Waals surface area contributed by atoms with Crippen molar-refractivity contribution in [2.75, 3.05) is 26.2 Å². The zero-order valence-electron chi connectivity index (χ0n) is 11.0. The van der Waals surface area contributed by atoms with E-state index in [0.717, 1.165) is 25.9 Å². The number of carbonyl (C=O) groups excluding carboxylic acids is 2. The van der Waals surface area contributed by atoms with E-state index in [1.54, 1.807) is 0 Å². The van der Waals surface area contributed by atoms with Crippen LogP contribution >= 0.6 is 12.6 Å². The number of hydrogen-bond acceptors (Lipinski definition) is 4. The molecule has 2 fully saturated rings. The molecule has 6 heteroatoms. The maximum Gasteiger partial charge on any atom is 0.410 e. The van der Waals surface area contributed by atoms with Gasteiger partial charge in [0, 0.05) is 24.9 Å². The van der Waals surface area contributed by atoms with Crippen molar-refractivity contribution in [3.8, 4) is 0 Å². The average Bonchev–Trinajstić information content (AvgIpc) is 3.04. The Balaban J connectivity index is 2.01. The normalized spacial score (nSPS) is 26.6. The van der Waals surface area contributed by atoms with Gasteiger partial charge in [0.05, 0.1) is 0 Å². The molecule has 0 aromatic rings. The zero-order valence-corrected chi connectivity index (χ0v) is 11.8. The first-order chi connectivity index (χ1) is 9.13. The summed E-state index contributed by atoms with van der Waals surface area (Å²) >= 11 is 4.39. The second-order valence-electron chi connectivity index (χ2n) is 4.96. The molecule has 0 aliphatic carbocycles. The summed E-state index contributed by atoms with van der Waals surface area (Å²) in [5.41, 5.74) is 0. The fourth-order valence-electron chi connectivity index (χ4n) is 2.61. The highest BCUT2D eigenvalue weighted by molar-refractivity contribution is 7.81. The van der Waals surface area contributed by atoms with Crippen LogP contribution in [0.1, 0.15) is 19.3 Å². The third kappa shape index (κ3) is 3.23. The Morgan fingerprint density at radius 2 is 2.05 bits per heavy atom. The van der Waals surface area contributed by atoms with Crippen LogP contribution in [-0.2, 0) is 9.53 Å². The predicted octanol–water partition coefficient (Wildman–Crippen LogP) is 1.30. The summed E-state index contributed by atoms with van der Waals surface area (Å²) in [5.74, 6) is 0.0320. The van der Waals surface area contributed by atoms with E-state index >= 15 is 0 Å². The van der Waals surface area contributed by atoms with Crippen molar-refractivity contribution >= 4 is 24.6 Å². The van der Waals surface area contributed by atoms with Crippen molar-refractivity contribution < 1.29 is 14.3 Å². The largest absolute Gasteiger partial charge is 0.445 e. The molecule has 2 saturated heterocycles. The summed E-state index contributed by atoms with van der Waals surface area (Å²) in [6.45, 7) is 5.72. The van der Waals surface area contributed by atoms with Gasteiger partial charge in [-0.3, -0.25) is 9.69 Å². The van der Waals surface area contributed by atoms with Gasteiger partial charge in [0.25, 0.3) is 0 Å². The van der Waals surface area contributed by atoms with E-state index in [-0.39, 0.29) is 17.8 Å². The average molecular weight is 284 g/mol. The maximum atomic E-state index is 12.4. The molecule has 0 aromatic carbocycles. The Morgan fingerprint density at radius 3 is 2.68 bits per heavy atom. The van der Waals surface area contributed by atoms with E-state index in [2.05, 4.69) is 19.2 Å². The fraction of sp³-hybridized carbons (Fsp3) is 0.692. The molecule has 106 valence electrons. The highest BCUT2D eigenvalue weighted by Gasteiger charge is 2.41. The summed E-state index contributed by atoms with van der Waals surface area (Å²) in [6, 6.07) is -0.419. The number of nitrogens with zero attached hydrogens (tertiary/aromatic N) is 2. The van der Waals surface area contributed by atoms with Crippen molar-refractivity contribution in [1.82, 2.24) is 9.80 Å². The van der Waals surface area contributed by atoms with Gasteiger partial charge >= 0.3 is 6.09 Å².